The van der Waals surface area contributed by atoms with Gasteiger partial charge in [-0.25, -0.2) is 0 Å². The third-order valence-electron chi connectivity index (χ3n) is 4.00. The third-order valence-corrected chi connectivity index (χ3v) is 4.86. The molecule has 3 heteroatoms. The molecule has 1 unspecified atom stereocenters. The van der Waals surface area contributed by atoms with Crippen LogP contribution in [-0.4, -0.2) is 6.04 Å². The lowest BCUT2D eigenvalue weighted by Crippen LogP contribution is -2.34. The van der Waals surface area contributed by atoms with Crippen molar-refractivity contribution in [3.63, 3.8) is 0 Å². The highest BCUT2D eigenvalue weighted by molar-refractivity contribution is 6.42. The van der Waals surface area contributed by atoms with Gasteiger partial charge in [-0.2, -0.15) is 0 Å². The monoisotopic (exact) mass is 285 g/mol. The molecule has 100 valence electrons. The fourth-order valence-electron chi connectivity index (χ4n) is 2.76. The first-order valence-electron chi connectivity index (χ1n) is 6.84. The van der Waals surface area contributed by atoms with E-state index in [9.17, 15) is 0 Å². The molecule has 0 spiro atoms. The van der Waals surface area contributed by atoms with Crippen LogP contribution in [-0.2, 0) is 6.54 Å². The zero-order valence-corrected chi connectivity index (χ0v) is 12.4. The summed E-state index contributed by atoms with van der Waals surface area (Å²) >= 11 is 12.2. The minimum Gasteiger partial charge on any atom is -0.310 e. The molecule has 1 atom stereocenters. The second-order valence-electron chi connectivity index (χ2n) is 5.28. The summed E-state index contributed by atoms with van der Waals surface area (Å²) in [6, 6.07) is 6.38. The molecular weight excluding hydrogens is 265 g/mol. The maximum Gasteiger partial charge on any atom is 0.0637 e. The van der Waals surface area contributed by atoms with Crippen LogP contribution in [0.4, 0.5) is 0 Å². The Balaban J connectivity index is 1.88. The minimum absolute atomic E-state index is 0.556. The number of hydrogen-bond donors (Lipinski definition) is 1. The minimum atomic E-state index is 0.556. The molecule has 0 saturated heterocycles. The van der Waals surface area contributed by atoms with Gasteiger partial charge in [-0.15, -0.1) is 0 Å². The Morgan fingerprint density at radius 2 is 1.94 bits per heavy atom. The summed E-state index contributed by atoms with van der Waals surface area (Å²) in [6.07, 6.45) is 6.89. The van der Waals surface area contributed by atoms with Crippen molar-refractivity contribution in [1.29, 1.82) is 0 Å². The molecule has 0 amide bonds. The molecule has 1 aliphatic carbocycles. The molecule has 0 radical (unpaired) electrons. The van der Waals surface area contributed by atoms with Gasteiger partial charge in [0.2, 0.25) is 0 Å². The number of hydrogen-bond acceptors (Lipinski definition) is 1. The van der Waals surface area contributed by atoms with Crippen molar-refractivity contribution in [2.45, 2.75) is 51.6 Å². The molecule has 1 aliphatic rings. The Bertz CT molecular complexity index is 386. The summed E-state index contributed by atoms with van der Waals surface area (Å²) in [5.41, 5.74) is 1.09. The van der Waals surface area contributed by atoms with Crippen LogP contribution in [0.5, 0.6) is 0 Å². The molecular formula is C15H21Cl2N. The average molecular weight is 286 g/mol. The smallest absolute Gasteiger partial charge is 0.0637 e. The van der Waals surface area contributed by atoms with Gasteiger partial charge in [0.05, 0.1) is 10.0 Å². The molecule has 1 saturated carbocycles. The fraction of sp³-hybridized carbons (Fsp3) is 0.600. The van der Waals surface area contributed by atoms with E-state index < -0.39 is 0 Å². The van der Waals surface area contributed by atoms with Crippen LogP contribution in [0.15, 0.2) is 18.2 Å². The molecule has 1 nitrogen and oxygen atoms in total. The van der Waals surface area contributed by atoms with E-state index in [1.807, 2.05) is 18.2 Å². The standard InChI is InChI=1S/C15H21Cl2N/c1-11(12-6-3-2-4-7-12)18-10-13-8-5-9-14(16)15(13)17/h5,8-9,11-12,18H,2-4,6-7,10H2,1H3. The highest BCUT2D eigenvalue weighted by Crippen LogP contribution is 2.28. The predicted octanol–water partition coefficient (Wildman–Crippen LogP) is 5.05. The lowest BCUT2D eigenvalue weighted by atomic mass is 9.84. The van der Waals surface area contributed by atoms with Crippen LogP contribution >= 0.6 is 23.2 Å². The van der Waals surface area contributed by atoms with E-state index in [0.717, 1.165) is 18.0 Å². The van der Waals surface area contributed by atoms with Crippen LogP contribution in [0.25, 0.3) is 0 Å². The Labute approximate surface area is 120 Å². The highest BCUT2D eigenvalue weighted by Gasteiger charge is 2.19. The van der Waals surface area contributed by atoms with Gasteiger partial charge in [0, 0.05) is 12.6 Å². The van der Waals surface area contributed by atoms with E-state index in [1.54, 1.807) is 0 Å². The van der Waals surface area contributed by atoms with Gasteiger partial charge in [-0.3, -0.25) is 0 Å². The lowest BCUT2D eigenvalue weighted by molar-refractivity contribution is 0.280. The first-order chi connectivity index (χ1) is 8.68. The quantitative estimate of drug-likeness (QED) is 0.816. The molecule has 1 aromatic carbocycles. The van der Waals surface area contributed by atoms with Gasteiger partial charge in [0.15, 0.2) is 0 Å². The van der Waals surface area contributed by atoms with Gasteiger partial charge in [-0.05, 0) is 37.3 Å². The average Bonchev–Trinajstić information content (AvgIpc) is 2.41. The molecule has 1 N–H and O–H groups in total. The van der Waals surface area contributed by atoms with E-state index in [4.69, 9.17) is 23.2 Å². The Morgan fingerprint density at radius 1 is 1.22 bits per heavy atom. The Morgan fingerprint density at radius 3 is 2.67 bits per heavy atom. The molecule has 1 fully saturated rings. The van der Waals surface area contributed by atoms with Crippen molar-refractivity contribution in [2.24, 2.45) is 5.92 Å². The van der Waals surface area contributed by atoms with Gasteiger partial charge in [0.1, 0.15) is 0 Å². The van der Waals surface area contributed by atoms with Gasteiger partial charge in [-0.1, -0.05) is 54.6 Å². The third kappa shape index (κ3) is 3.63. The van der Waals surface area contributed by atoms with Gasteiger partial charge < -0.3 is 5.32 Å². The van der Waals surface area contributed by atoms with Crippen molar-refractivity contribution in [3.8, 4) is 0 Å². The van der Waals surface area contributed by atoms with Gasteiger partial charge >= 0.3 is 0 Å². The van der Waals surface area contributed by atoms with E-state index in [-0.39, 0.29) is 0 Å². The molecule has 0 heterocycles. The number of rotatable bonds is 4. The molecule has 2 rings (SSSR count). The normalized spacial score (nSPS) is 18.8. The van der Waals surface area contributed by atoms with Crippen LogP contribution < -0.4 is 5.32 Å². The van der Waals surface area contributed by atoms with E-state index in [1.165, 1.54) is 32.1 Å². The van der Waals surface area contributed by atoms with Crippen LogP contribution in [0.1, 0.15) is 44.6 Å². The lowest BCUT2D eigenvalue weighted by Gasteiger charge is -2.28. The zero-order chi connectivity index (χ0) is 13.0. The van der Waals surface area contributed by atoms with Crippen LogP contribution in [0.2, 0.25) is 10.0 Å². The Hall–Kier alpha value is -0.240. The SMILES string of the molecule is CC(NCc1cccc(Cl)c1Cl)C1CCCCC1. The second kappa shape index (κ2) is 6.79. The second-order valence-corrected chi connectivity index (χ2v) is 6.07. The maximum absolute atomic E-state index is 6.19. The summed E-state index contributed by atoms with van der Waals surface area (Å²) < 4.78 is 0. The summed E-state index contributed by atoms with van der Waals surface area (Å²) in [6.45, 7) is 3.09. The summed E-state index contributed by atoms with van der Waals surface area (Å²) in [5.74, 6) is 0.816. The first-order valence-corrected chi connectivity index (χ1v) is 7.60. The highest BCUT2D eigenvalue weighted by atomic mass is 35.5. The first kappa shape index (κ1) is 14.2. The molecule has 18 heavy (non-hydrogen) atoms. The van der Waals surface area contributed by atoms with Gasteiger partial charge in [0.25, 0.3) is 0 Å². The zero-order valence-electron chi connectivity index (χ0n) is 10.9. The molecule has 0 aliphatic heterocycles. The predicted molar refractivity (Wildman–Crippen MR) is 79.3 cm³/mol. The van der Waals surface area contributed by atoms with Crippen molar-refractivity contribution in [3.05, 3.63) is 33.8 Å². The van der Waals surface area contributed by atoms with E-state index in [0.29, 0.717) is 16.1 Å². The van der Waals surface area contributed by atoms with E-state index in [2.05, 4.69) is 12.2 Å². The van der Waals surface area contributed by atoms with Crippen LogP contribution in [0.3, 0.4) is 0 Å². The van der Waals surface area contributed by atoms with Crippen molar-refractivity contribution in [2.75, 3.05) is 0 Å². The fourth-order valence-corrected chi connectivity index (χ4v) is 3.14. The summed E-state index contributed by atoms with van der Waals surface area (Å²) in [7, 11) is 0. The number of benzene rings is 1. The van der Waals surface area contributed by atoms with Crippen molar-refractivity contribution in [1.82, 2.24) is 5.32 Å². The summed E-state index contributed by atoms with van der Waals surface area (Å²) in [5, 5.41) is 4.92. The molecule has 0 aromatic heterocycles. The molecule has 0 bridgehead atoms. The molecule has 1 aromatic rings. The summed E-state index contributed by atoms with van der Waals surface area (Å²) in [4.78, 5) is 0. The maximum atomic E-state index is 6.19. The Kier molecular flexibility index (Phi) is 5.35. The van der Waals surface area contributed by atoms with Crippen molar-refractivity contribution < 1.29 is 0 Å². The topological polar surface area (TPSA) is 12.0 Å². The number of halogens is 2. The largest absolute Gasteiger partial charge is 0.310 e. The number of nitrogens with one attached hydrogen (secondary N) is 1. The van der Waals surface area contributed by atoms with E-state index >= 15 is 0 Å². The van der Waals surface area contributed by atoms with Crippen LogP contribution in [0, 0.1) is 5.92 Å². The van der Waals surface area contributed by atoms with Crippen molar-refractivity contribution >= 4 is 23.2 Å².